The first kappa shape index (κ1) is 19.2. The third-order valence-electron chi connectivity index (χ3n) is 5.80. The van der Waals surface area contributed by atoms with Crippen LogP contribution >= 0.6 is 0 Å². The van der Waals surface area contributed by atoms with Gasteiger partial charge in [0, 0.05) is 45.5 Å². The minimum atomic E-state index is 0.443. The molecule has 1 unspecified atom stereocenters. The maximum atomic E-state index is 5.46. The number of rotatable bonds is 5. The number of hydrogen-bond acceptors (Lipinski definition) is 6. The van der Waals surface area contributed by atoms with Crippen LogP contribution in [0.5, 0.6) is 0 Å². The van der Waals surface area contributed by atoms with Gasteiger partial charge in [-0.2, -0.15) is 4.98 Å². The van der Waals surface area contributed by atoms with Gasteiger partial charge in [-0.15, -0.1) is 0 Å². The largest absolute Gasteiger partial charge is 0.378 e. The Bertz CT molecular complexity index is 777. The Kier molecular flexibility index (Phi) is 6.07. The molecule has 6 heteroatoms. The zero-order valence-corrected chi connectivity index (χ0v) is 17.0. The first-order chi connectivity index (χ1) is 13.7. The van der Waals surface area contributed by atoms with Gasteiger partial charge < -0.3 is 14.5 Å². The monoisotopic (exact) mass is 381 g/mol. The van der Waals surface area contributed by atoms with E-state index in [9.17, 15) is 0 Å². The van der Waals surface area contributed by atoms with Crippen molar-refractivity contribution >= 4 is 11.8 Å². The minimum absolute atomic E-state index is 0.443. The van der Waals surface area contributed by atoms with Gasteiger partial charge in [0.25, 0.3) is 0 Å². The zero-order valence-electron chi connectivity index (χ0n) is 17.0. The fraction of sp³-hybridized carbons (Fsp3) is 0.545. The van der Waals surface area contributed by atoms with E-state index in [-0.39, 0.29) is 0 Å². The van der Waals surface area contributed by atoms with Crippen molar-refractivity contribution in [2.45, 2.75) is 32.4 Å². The van der Waals surface area contributed by atoms with Crippen LogP contribution in [0.1, 0.15) is 24.0 Å². The van der Waals surface area contributed by atoms with Crippen molar-refractivity contribution < 1.29 is 4.74 Å². The van der Waals surface area contributed by atoms with Crippen molar-refractivity contribution in [1.29, 1.82) is 0 Å². The number of nitrogens with zero attached hydrogens (tertiary/aromatic N) is 5. The van der Waals surface area contributed by atoms with Crippen molar-refractivity contribution in [3.63, 3.8) is 0 Å². The van der Waals surface area contributed by atoms with Crippen LogP contribution in [-0.4, -0.2) is 67.4 Å². The van der Waals surface area contributed by atoms with Gasteiger partial charge in [0.15, 0.2) is 0 Å². The van der Waals surface area contributed by atoms with Crippen molar-refractivity contribution in [3.05, 3.63) is 47.7 Å². The molecule has 0 N–H and O–H groups in total. The SMILES string of the molecule is Cc1cccc(CN2CCCC(N(C)c3nccc(N4CCOCC4)n3)C2)c1. The van der Waals surface area contributed by atoms with Crippen LogP contribution in [0.3, 0.4) is 0 Å². The smallest absolute Gasteiger partial charge is 0.227 e. The van der Waals surface area contributed by atoms with Gasteiger partial charge in [-0.1, -0.05) is 29.8 Å². The molecular weight excluding hydrogens is 350 g/mol. The molecule has 3 heterocycles. The van der Waals surface area contributed by atoms with Crippen LogP contribution in [0, 0.1) is 6.92 Å². The molecule has 28 heavy (non-hydrogen) atoms. The lowest BCUT2D eigenvalue weighted by Gasteiger charge is -2.38. The van der Waals surface area contributed by atoms with Crippen LogP contribution in [-0.2, 0) is 11.3 Å². The highest BCUT2D eigenvalue weighted by Gasteiger charge is 2.25. The number of likely N-dealkylation sites (N-methyl/N-ethyl adjacent to an activating group) is 1. The lowest BCUT2D eigenvalue weighted by Crippen LogP contribution is -2.47. The predicted molar refractivity (Wildman–Crippen MR) is 113 cm³/mol. The summed E-state index contributed by atoms with van der Waals surface area (Å²) in [5.74, 6) is 1.83. The first-order valence-corrected chi connectivity index (χ1v) is 10.4. The topological polar surface area (TPSA) is 44.7 Å². The fourth-order valence-electron chi connectivity index (χ4n) is 4.20. The average molecular weight is 382 g/mol. The predicted octanol–water partition coefficient (Wildman–Crippen LogP) is 2.72. The van der Waals surface area contributed by atoms with Crippen LogP contribution in [0.4, 0.5) is 11.8 Å². The zero-order chi connectivity index (χ0) is 19.3. The standard InChI is InChI=1S/C22H31N5O/c1-18-5-3-6-19(15-18)16-26-10-4-7-20(17-26)25(2)22-23-9-8-21(24-22)27-11-13-28-14-12-27/h3,5-6,8-9,15,20H,4,7,10-14,16-17H2,1-2H3. The van der Waals surface area contributed by atoms with Gasteiger partial charge >= 0.3 is 0 Å². The second-order valence-corrected chi connectivity index (χ2v) is 7.95. The number of aryl methyl sites for hydroxylation is 1. The molecule has 1 atom stereocenters. The molecular formula is C22H31N5O. The second-order valence-electron chi connectivity index (χ2n) is 7.95. The molecule has 2 aliphatic heterocycles. The molecule has 0 saturated carbocycles. The molecule has 1 aromatic carbocycles. The van der Waals surface area contributed by atoms with Gasteiger partial charge in [0.1, 0.15) is 5.82 Å². The highest BCUT2D eigenvalue weighted by Crippen LogP contribution is 2.22. The third kappa shape index (κ3) is 4.62. The maximum Gasteiger partial charge on any atom is 0.227 e. The Morgan fingerprint density at radius 2 is 2.04 bits per heavy atom. The molecule has 6 nitrogen and oxygen atoms in total. The molecule has 2 fully saturated rings. The Morgan fingerprint density at radius 3 is 2.86 bits per heavy atom. The summed E-state index contributed by atoms with van der Waals surface area (Å²) in [5.41, 5.74) is 2.73. The maximum absolute atomic E-state index is 5.46. The van der Waals surface area contributed by atoms with Crippen molar-refractivity contribution in [3.8, 4) is 0 Å². The summed E-state index contributed by atoms with van der Waals surface area (Å²) in [6.07, 6.45) is 4.28. The van der Waals surface area contributed by atoms with Gasteiger partial charge in [-0.3, -0.25) is 4.90 Å². The fourth-order valence-corrected chi connectivity index (χ4v) is 4.20. The van der Waals surface area contributed by atoms with E-state index in [1.165, 1.54) is 24.0 Å². The van der Waals surface area contributed by atoms with Crippen LogP contribution in [0.2, 0.25) is 0 Å². The summed E-state index contributed by atoms with van der Waals surface area (Å²) in [7, 11) is 2.14. The number of morpholine rings is 1. The van der Waals surface area contributed by atoms with Gasteiger partial charge in [0.2, 0.25) is 5.95 Å². The lowest BCUT2D eigenvalue weighted by atomic mass is 10.0. The third-order valence-corrected chi connectivity index (χ3v) is 5.80. The average Bonchev–Trinajstić information content (AvgIpc) is 2.74. The lowest BCUT2D eigenvalue weighted by molar-refractivity contribution is 0.122. The summed E-state index contributed by atoms with van der Waals surface area (Å²) in [5, 5.41) is 0. The van der Waals surface area contributed by atoms with Gasteiger partial charge in [-0.25, -0.2) is 4.98 Å². The Balaban J connectivity index is 1.41. The summed E-state index contributed by atoms with van der Waals surface area (Å²) >= 11 is 0. The molecule has 0 aliphatic carbocycles. The molecule has 0 amide bonds. The number of piperidine rings is 1. The summed E-state index contributed by atoms with van der Waals surface area (Å²) in [6, 6.07) is 11.3. The van der Waals surface area contributed by atoms with E-state index in [1.54, 1.807) is 0 Å². The van der Waals surface area contributed by atoms with E-state index in [2.05, 4.69) is 57.9 Å². The van der Waals surface area contributed by atoms with Gasteiger partial charge in [0.05, 0.1) is 13.2 Å². The second kappa shape index (κ2) is 8.88. The summed E-state index contributed by atoms with van der Waals surface area (Å²) in [6.45, 7) is 8.72. The van der Waals surface area contributed by atoms with Crippen LogP contribution in [0.15, 0.2) is 36.5 Å². The van der Waals surface area contributed by atoms with Crippen molar-refractivity contribution in [2.75, 3.05) is 56.2 Å². The Morgan fingerprint density at radius 1 is 1.18 bits per heavy atom. The molecule has 0 spiro atoms. The van der Waals surface area contributed by atoms with Crippen molar-refractivity contribution in [2.24, 2.45) is 0 Å². The summed E-state index contributed by atoms with van der Waals surface area (Å²) < 4.78 is 5.46. The molecule has 0 radical (unpaired) electrons. The summed E-state index contributed by atoms with van der Waals surface area (Å²) in [4.78, 5) is 16.5. The molecule has 0 bridgehead atoms. The Hall–Kier alpha value is -2.18. The highest BCUT2D eigenvalue weighted by atomic mass is 16.5. The van der Waals surface area contributed by atoms with Crippen molar-refractivity contribution in [1.82, 2.24) is 14.9 Å². The number of aromatic nitrogens is 2. The number of anilines is 2. The van der Waals surface area contributed by atoms with E-state index in [0.717, 1.165) is 57.7 Å². The van der Waals surface area contributed by atoms with E-state index < -0.39 is 0 Å². The number of ether oxygens (including phenoxy) is 1. The molecule has 4 rings (SSSR count). The molecule has 2 aromatic rings. The Labute approximate surface area is 168 Å². The molecule has 1 aromatic heterocycles. The minimum Gasteiger partial charge on any atom is -0.378 e. The molecule has 2 saturated heterocycles. The molecule has 150 valence electrons. The molecule has 2 aliphatic rings. The van der Waals surface area contributed by atoms with Crippen LogP contribution < -0.4 is 9.80 Å². The normalized spacial score (nSPS) is 20.9. The first-order valence-electron chi connectivity index (χ1n) is 10.4. The van der Waals surface area contributed by atoms with Gasteiger partial charge in [-0.05, 0) is 37.9 Å². The van der Waals surface area contributed by atoms with E-state index in [1.807, 2.05) is 12.3 Å². The number of benzene rings is 1. The number of hydrogen-bond donors (Lipinski definition) is 0. The quantitative estimate of drug-likeness (QED) is 0.794. The van der Waals surface area contributed by atoms with E-state index in [0.29, 0.717) is 6.04 Å². The van der Waals surface area contributed by atoms with E-state index >= 15 is 0 Å². The van der Waals surface area contributed by atoms with E-state index in [4.69, 9.17) is 9.72 Å². The van der Waals surface area contributed by atoms with Crippen LogP contribution in [0.25, 0.3) is 0 Å². The number of likely N-dealkylation sites (tertiary alicyclic amines) is 1. The highest BCUT2D eigenvalue weighted by molar-refractivity contribution is 5.44.